The van der Waals surface area contributed by atoms with Gasteiger partial charge in [0.2, 0.25) is 5.79 Å². The first-order valence-corrected chi connectivity index (χ1v) is 21.6. The Bertz CT molecular complexity index is 2030. The van der Waals surface area contributed by atoms with Crippen molar-refractivity contribution in [3.63, 3.8) is 0 Å². The molecular weight excluding hydrogens is 779 g/mol. The third kappa shape index (κ3) is 10.6. The van der Waals surface area contributed by atoms with Crippen molar-refractivity contribution < 1.29 is 43.7 Å². The van der Waals surface area contributed by atoms with Gasteiger partial charge < -0.3 is 34.0 Å². The van der Waals surface area contributed by atoms with Crippen LogP contribution >= 0.6 is 0 Å². The Balaban J connectivity index is 1.57. The van der Waals surface area contributed by atoms with E-state index in [0.717, 1.165) is 42.4 Å². The van der Waals surface area contributed by atoms with Crippen molar-refractivity contribution in [2.75, 3.05) is 26.4 Å². The summed E-state index contributed by atoms with van der Waals surface area (Å²) in [5.74, 6) is -0.888. The zero-order valence-electron chi connectivity index (χ0n) is 35.9. The lowest BCUT2D eigenvalue weighted by molar-refractivity contribution is -0.384. The number of nitro benzene ring substituents is 1. The van der Waals surface area contributed by atoms with Crippen molar-refractivity contribution in [2.24, 2.45) is 22.9 Å². The highest BCUT2D eigenvalue weighted by Gasteiger charge is 2.65. The fourth-order valence-corrected chi connectivity index (χ4v) is 9.12. The number of aliphatic hydroxyl groups is 2. The molecule has 1 fully saturated rings. The van der Waals surface area contributed by atoms with Crippen LogP contribution in [0.2, 0.25) is 0 Å². The van der Waals surface area contributed by atoms with Crippen molar-refractivity contribution >= 4 is 17.5 Å². The molecule has 1 heterocycles. The fourth-order valence-electron chi connectivity index (χ4n) is 9.12. The van der Waals surface area contributed by atoms with Crippen molar-refractivity contribution in [2.45, 2.75) is 109 Å². The van der Waals surface area contributed by atoms with Gasteiger partial charge in [-0.1, -0.05) is 73.5 Å². The van der Waals surface area contributed by atoms with Crippen LogP contribution in [0.3, 0.4) is 0 Å². The van der Waals surface area contributed by atoms with Gasteiger partial charge in [0, 0.05) is 43.7 Å². The van der Waals surface area contributed by atoms with Crippen LogP contribution in [-0.4, -0.2) is 75.6 Å². The highest BCUT2D eigenvalue weighted by molar-refractivity contribution is 6.03. The molecule has 1 saturated carbocycles. The van der Waals surface area contributed by atoms with E-state index in [0.29, 0.717) is 48.8 Å². The molecule has 6 atom stereocenters. The highest BCUT2D eigenvalue weighted by atomic mass is 16.7. The van der Waals surface area contributed by atoms with Crippen LogP contribution in [-0.2, 0) is 20.9 Å². The second kappa shape index (κ2) is 20.5. The number of carbonyl (C=O) groups excluding carboxylic acids is 1. The number of benzene rings is 3. The Morgan fingerprint density at radius 1 is 1.02 bits per heavy atom. The first-order valence-electron chi connectivity index (χ1n) is 21.6. The number of nitrogens with zero attached hydrogens (tertiary/aromatic N) is 3. The monoisotopic (exact) mass is 839 g/mol. The van der Waals surface area contributed by atoms with Gasteiger partial charge in [-0.3, -0.25) is 15.0 Å². The maximum absolute atomic E-state index is 14.5. The van der Waals surface area contributed by atoms with E-state index >= 15 is 0 Å². The minimum Gasteiger partial charge on any atom is -0.459 e. The third-order valence-electron chi connectivity index (χ3n) is 11.6. The molecular formula is C48H61N3O10. The number of carbonyl (C=O) groups is 1. The van der Waals surface area contributed by atoms with Crippen LogP contribution in [0.5, 0.6) is 17.2 Å². The average molecular weight is 840 g/mol. The van der Waals surface area contributed by atoms with Crippen molar-refractivity contribution in [3.05, 3.63) is 118 Å². The standard InChI is InChI=1S/C48H61N3O10/c1-6-24-50(46(54)57-32-33-16-9-8-10-17-33)43-31-41(49-61-47(3,4)5)39-28-34(18-11-13-25-52)38(21-12-14-26-53)44-40-30-37(59-36-20-15-19-35(29-36)51(55)56)22-23-42(40)60-48(43,45(39)44)58-27-7-2/h7-10,15-17,19-20,22-23,28-30,34,38,43-45,52-53H,2,6,11-14,18,21,24-27,31-32H2,1,3-5H3. The van der Waals surface area contributed by atoms with Crippen molar-refractivity contribution in [3.8, 4) is 17.2 Å². The van der Waals surface area contributed by atoms with Crippen LogP contribution in [0.25, 0.3) is 0 Å². The molecule has 13 nitrogen and oxygen atoms in total. The summed E-state index contributed by atoms with van der Waals surface area (Å²) in [5.41, 5.74) is 2.60. The minimum atomic E-state index is -1.45. The normalized spacial score (nSPS) is 23.5. The molecule has 13 heteroatoms. The minimum absolute atomic E-state index is 0.00500. The van der Waals surface area contributed by atoms with Crippen LogP contribution in [0.15, 0.2) is 102 Å². The number of unbranched alkanes of at least 4 members (excludes halogenated alkanes) is 2. The third-order valence-corrected chi connectivity index (χ3v) is 11.6. The Morgan fingerprint density at radius 2 is 1.75 bits per heavy atom. The number of oxime groups is 1. The predicted octanol–water partition coefficient (Wildman–Crippen LogP) is 9.87. The molecule has 61 heavy (non-hydrogen) atoms. The summed E-state index contributed by atoms with van der Waals surface area (Å²) in [6.45, 7) is 12.5. The Labute approximate surface area is 359 Å². The summed E-state index contributed by atoms with van der Waals surface area (Å²) < 4.78 is 26.7. The SMILES string of the molecule is C=CCOC12Oc3ccc(Oc4cccc([N+](=O)[O-])c4)cc3C3C(CCCCO)C(CCCCO)C=C(C(=NOC(C)(C)C)CC1N(CCC)C(=O)OCc1ccccc1)C32. The second-order valence-corrected chi connectivity index (χ2v) is 17.1. The van der Waals surface area contributed by atoms with Gasteiger partial charge in [0.05, 0.1) is 29.2 Å². The van der Waals surface area contributed by atoms with Gasteiger partial charge >= 0.3 is 6.09 Å². The quantitative estimate of drug-likeness (QED) is 0.0485. The van der Waals surface area contributed by atoms with Crippen LogP contribution in [0.1, 0.15) is 96.1 Å². The molecule has 6 rings (SSSR count). The summed E-state index contributed by atoms with van der Waals surface area (Å²) in [5, 5.41) is 36.4. The number of aliphatic hydroxyl groups excluding tert-OH is 2. The molecule has 0 bridgehead atoms. The Hall–Kier alpha value is -5.24. The fraction of sp³-hybridized carbons (Fsp3) is 0.500. The largest absolute Gasteiger partial charge is 0.459 e. The van der Waals surface area contributed by atoms with Gasteiger partial charge in [0.1, 0.15) is 35.5 Å². The van der Waals surface area contributed by atoms with E-state index in [9.17, 15) is 25.1 Å². The topological polar surface area (TPSA) is 162 Å². The van der Waals surface area contributed by atoms with Crippen molar-refractivity contribution in [1.82, 2.24) is 4.90 Å². The lowest BCUT2D eigenvalue weighted by Crippen LogP contribution is -2.70. The molecule has 6 unspecified atom stereocenters. The number of rotatable bonds is 20. The molecule has 328 valence electrons. The van der Waals surface area contributed by atoms with E-state index in [4.69, 9.17) is 28.9 Å². The number of amides is 1. The zero-order chi connectivity index (χ0) is 43.6. The van der Waals surface area contributed by atoms with E-state index < -0.39 is 34.4 Å². The predicted molar refractivity (Wildman–Crippen MR) is 233 cm³/mol. The molecule has 1 aliphatic heterocycles. The molecule has 0 radical (unpaired) electrons. The number of allylic oxidation sites excluding steroid dienone is 1. The lowest BCUT2D eigenvalue weighted by atomic mass is 9.55. The van der Waals surface area contributed by atoms with E-state index in [1.54, 1.807) is 29.2 Å². The van der Waals surface area contributed by atoms with Gasteiger partial charge in [-0.25, -0.2) is 4.79 Å². The summed E-state index contributed by atoms with van der Waals surface area (Å²) in [4.78, 5) is 33.6. The number of nitro groups is 1. The Kier molecular flexibility index (Phi) is 15.3. The lowest BCUT2D eigenvalue weighted by Gasteiger charge is -2.60. The summed E-state index contributed by atoms with van der Waals surface area (Å²) in [6.07, 6.45) is 8.72. The molecule has 3 aliphatic rings. The van der Waals surface area contributed by atoms with Gasteiger partial charge in [-0.15, -0.1) is 6.58 Å². The molecule has 3 aromatic carbocycles. The van der Waals surface area contributed by atoms with Gasteiger partial charge in [-0.2, -0.15) is 0 Å². The second-order valence-electron chi connectivity index (χ2n) is 17.1. The molecule has 2 N–H and O–H groups in total. The number of hydrogen-bond donors (Lipinski definition) is 2. The van der Waals surface area contributed by atoms with E-state index in [1.165, 1.54) is 12.1 Å². The Morgan fingerprint density at radius 3 is 2.44 bits per heavy atom. The van der Waals surface area contributed by atoms with Gasteiger partial charge in [-0.05, 0) is 100 Å². The molecule has 0 spiro atoms. The average Bonchev–Trinajstić information content (AvgIpc) is 3.24. The number of fused-ring (bicyclic) bond motifs is 2. The first kappa shape index (κ1) is 45.3. The molecule has 1 amide bonds. The van der Waals surface area contributed by atoms with Crippen LogP contribution in [0, 0.1) is 27.9 Å². The van der Waals surface area contributed by atoms with E-state index in [-0.39, 0.29) is 56.3 Å². The first-order chi connectivity index (χ1) is 29.4. The summed E-state index contributed by atoms with van der Waals surface area (Å²) in [6, 6.07) is 20.5. The van der Waals surface area contributed by atoms with Crippen LogP contribution < -0.4 is 9.47 Å². The van der Waals surface area contributed by atoms with Gasteiger partial charge in [0.25, 0.3) is 5.69 Å². The number of non-ortho nitro benzene ring substituents is 1. The highest BCUT2D eigenvalue weighted by Crippen LogP contribution is 2.62. The van der Waals surface area contributed by atoms with Gasteiger partial charge in [0.15, 0.2) is 0 Å². The number of hydrogen-bond acceptors (Lipinski definition) is 11. The molecule has 3 aromatic rings. The number of ether oxygens (including phenoxy) is 4. The summed E-state index contributed by atoms with van der Waals surface area (Å²) >= 11 is 0. The molecule has 0 aromatic heterocycles. The van der Waals surface area contributed by atoms with E-state index in [1.807, 2.05) is 70.2 Å². The summed E-state index contributed by atoms with van der Waals surface area (Å²) in [7, 11) is 0. The van der Waals surface area contributed by atoms with E-state index in [2.05, 4.69) is 12.7 Å². The molecule has 2 aliphatic carbocycles. The maximum atomic E-state index is 14.5. The van der Waals surface area contributed by atoms with Crippen molar-refractivity contribution in [1.29, 1.82) is 0 Å². The smallest absolute Gasteiger partial charge is 0.410 e. The molecule has 0 saturated heterocycles. The maximum Gasteiger partial charge on any atom is 0.410 e. The zero-order valence-corrected chi connectivity index (χ0v) is 35.9. The van der Waals surface area contributed by atoms with Crippen LogP contribution in [0.4, 0.5) is 10.5 Å².